The smallest absolute Gasteiger partial charge is 0.222 e. The van der Waals surface area contributed by atoms with Crippen LogP contribution < -0.4 is 5.43 Å². The van der Waals surface area contributed by atoms with Gasteiger partial charge in [-0.05, 0) is 32.4 Å². The Kier molecular flexibility index (Phi) is 4.40. The second kappa shape index (κ2) is 5.58. The Bertz CT molecular complexity index is 336. The molecule has 4 nitrogen and oxygen atoms in total. The molecule has 0 saturated heterocycles. The van der Waals surface area contributed by atoms with Gasteiger partial charge in [0.25, 0.3) is 0 Å². The molecule has 1 aromatic rings. The van der Waals surface area contributed by atoms with Gasteiger partial charge < -0.3 is 10.3 Å². The van der Waals surface area contributed by atoms with Crippen molar-refractivity contribution in [2.24, 2.45) is 0 Å². The fraction of sp³-hybridized carbons (Fsp3) is 0.583. The third-order valence-corrected chi connectivity index (χ3v) is 2.61. The molecule has 0 atom stereocenters. The molecule has 0 bridgehead atoms. The highest BCUT2D eigenvalue weighted by Crippen LogP contribution is 2.04. The average molecular weight is 223 g/mol. The Morgan fingerprint density at radius 2 is 1.88 bits per heavy atom. The van der Waals surface area contributed by atoms with Gasteiger partial charge in [-0.25, -0.2) is 0 Å². The normalized spacial score (nSPS) is 10.2. The fourth-order valence-corrected chi connectivity index (χ4v) is 1.57. The first-order valence-electron chi connectivity index (χ1n) is 5.61. The molecule has 1 rings (SSSR count). The van der Waals surface area contributed by atoms with Crippen molar-refractivity contribution in [3.05, 3.63) is 23.5 Å². The van der Waals surface area contributed by atoms with E-state index in [2.05, 4.69) is 36.1 Å². The molecule has 0 unspecified atom stereocenters. The van der Waals surface area contributed by atoms with E-state index in [1.807, 2.05) is 0 Å². The summed E-state index contributed by atoms with van der Waals surface area (Å²) in [7, 11) is 3.58. The van der Waals surface area contributed by atoms with Gasteiger partial charge in [-0.15, -0.1) is 0 Å². The van der Waals surface area contributed by atoms with Crippen LogP contribution in [0.1, 0.15) is 24.2 Å². The summed E-state index contributed by atoms with van der Waals surface area (Å²) in [6.45, 7) is 4.94. The maximum Gasteiger partial charge on any atom is 0.222 e. The van der Waals surface area contributed by atoms with Gasteiger partial charge in [-0.2, -0.15) is 0 Å². The van der Waals surface area contributed by atoms with Crippen LogP contribution >= 0.6 is 0 Å². The number of rotatable bonds is 5. The van der Waals surface area contributed by atoms with Gasteiger partial charge in [0, 0.05) is 38.4 Å². The van der Waals surface area contributed by atoms with Crippen molar-refractivity contribution >= 4 is 5.91 Å². The van der Waals surface area contributed by atoms with Crippen molar-refractivity contribution in [2.75, 3.05) is 26.1 Å². The predicted octanol–water partition coefficient (Wildman–Crippen LogP) is 1.52. The summed E-state index contributed by atoms with van der Waals surface area (Å²) in [6.07, 6.45) is 1.45. The van der Waals surface area contributed by atoms with E-state index in [1.54, 1.807) is 19.0 Å². The third-order valence-electron chi connectivity index (χ3n) is 2.61. The highest BCUT2D eigenvalue weighted by Gasteiger charge is 2.03. The van der Waals surface area contributed by atoms with Crippen LogP contribution in [-0.2, 0) is 4.79 Å². The summed E-state index contributed by atoms with van der Waals surface area (Å²) >= 11 is 0. The highest BCUT2D eigenvalue weighted by molar-refractivity contribution is 5.75. The number of nitrogens with zero attached hydrogens (tertiary/aromatic N) is 2. The quantitative estimate of drug-likeness (QED) is 0.768. The minimum atomic E-state index is 0.183. The summed E-state index contributed by atoms with van der Waals surface area (Å²) < 4.78 is 2.06. The maximum absolute atomic E-state index is 11.3. The number of amides is 1. The Morgan fingerprint density at radius 3 is 2.38 bits per heavy atom. The van der Waals surface area contributed by atoms with E-state index in [0.29, 0.717) is 6.42 Å². The lowest BCUT2D eigenvalue weighted by atomic mass is 10.3. The number of carbonyl (C=O) groups is 1. The average Bonchev–Trinajstić information content (AvgIpc) is 2.54. The van der Waals surface area contributed by atoms with E-state index >= 15 is 0 Å². The predicted molar refractivity (Wildman–Crippen MR) is 66.1 cm³/mol. The first-order chi connectivity index (χ1) is 7.52. The Hall–Kier alpha value is -1.45. The summed E-state index contributed by atoms with van der Waals surface area (Å²) in [5.74, 6) is 0.183. The lowest BCUT2D eigenvalue weighted by molar-refractivity contribution is -0.128. The molecule has 16 heavy (non-hydrogen) atoms. The second-order valence-electron chi connectivity index (χ2n) is 4.25. The molecule has 0 spiro atoms. The first kappa shape index (κ1) is 12.6. The van der Waals surface area contributed by atoms with Crippen molar-refractivity contribution in [1.29, 1.82) is 0 Å². The van der Waals surface area contributed by atoms with E-state index in [-0.39, 0.29) is 5.91 Å². The molecule has 1 heterocycles. The number of aromatic nitrogens is 1. The van der Waals surface area contributed by atoms with Crippen LogP contribution in [0.5, 0.6) is 0 Å². The van der Waals surface area contributed by atoms with Crippen LogP contribution in [0.25, 0.3) is 0 Å². The van der Waals surface area contributed by atoms with Crippen LogP contribution in [0.2, 0.25) is 0 Å². The lowest BCUT2D eigenvalue weighted by Gasteiger charge is -2.13. The molecular weight excluding hydrogens is 202 g/mol. The Labute approximate surface area is 97.2 Å². The zero-order chi connectivity index (χ0) is 12.1. The van der Waals surface area contributed by atoms with Crippen LogP contribution in [0.3, 0.4) is 0 Å². The molecule has 1 aromatic heterocycles. The topological polar surface area (TPSA) is 37.3 Å². The molecule has 0 saturated carbocycles. The highest BCUT2D eigenvalue weighted by atomic mass is 16.2. The maximum atomic E-state index is 11.3. The monoisotopic (exact) mass is 223 g/mol. The van der Waals surface area contributed by atoms with E-state index in [0.717, 1.165) is 13.0 Å². The van der Waals surface area contributed by atoms with Gasteiger partial charge >= 0.3 is 0 Å². The Balaban J connectivity index is 2.29. The van der Waals surface area contributed by atoms with Gasteiger partial charge in [0.1, 0.15) is 0 Å². The summed E-state index contributed by atoms with van der Waals surface area (Å²) in [5.41, 5.74) is 5.68. The minimum absolute atomic E-state index is 0.183. The molecule has 0 radical (unpaired) electrons. The van der Waals surface area contributed by atoms with Gasteiger partial charge in [0.15, 0.2) is 0 Å². The van der Waals surface area contributed by atoms with E-state index in [1.165, 1.54) is 11.4 Å². The number of nitrogens with one attached hydrogen (secondary N) is 1. The molecular formula is C12H21N3O. The summed E-state index contributed by atoms with van der Waals surface area (Å²) in [6, 6.07) is 4.15. The lowest BCUT2D eigenvalue weighted by Crippen LogP contribution is -2.24. The van der Waals surface area contributed by atoms with Crippen molar-refractivity contribution < 1.29 is 4.79 Å². The first-order valence-corrected chi connectivity index (χ1v) is 5.61. The van der Waals surface area contributed by atoms with Gasteiger partial charge in [0.05, 0.1) is 0 Å². The number of hydrogen-bond acceptors (Lipinski definition) is 2. The molecule has 0 aromatic carbocycles. The molecule has 90 valence electrons. The van der Waals surface area contributed by atoms with Crippen molar-refractivity contribution in [3.63, 3.8) is 0 Å². The number of aryl methyl sites for hydroxylation is 2. The van der Waals surface area contributed by atoms with E-state index in [9.17, 15) is 4.79 Å². The van der Waals surface area contributed by atoms with Crippen molar-refractivity contribution in [1.82, 2.24) is 9.58 Å². The third kappa shape index (κ3) is 3.29. The number of carbonyl (C=O) groups excluding carboxylic acids is 1. The van der Waals surface area contributed by atoms with E-state index < -0.39 is 0 Å². The van der Waals surface area contributed by atoms with E-state index in [4.69, 9.17) is 0 Å². The van der Waals surface area contributed by atoms with Gasteiger partial charge in [-0.3, -0.25) is 9.47 Å². The van der Waals surface area contributed by atoms with Crippen LogP contribution in [0.4, 0.5) is 0 Å². The molecule has 0 aliphatic rings. The summed E-state index contributed by atoms with van der Waals surface area (Å²) in [5, 5.41) is 0. The van der Waals surface area contributed by atoms with Gasteiger partial charge in [-0.1, -0.05) is 0 Å². The molecule has 0 fully saturated rings. The van der Waals surface area contributed by atoms with Crippen LogP contribution in [-0.4, -0.2) is 36.1 Å². The molecule has 0 aliphatic heterocycles. The van der Waals surface area contributed by atoms with Crippen LogP contribution in [0, 0.1) is 13.8 Å². The molecule has 1 N–H and O–H groups in total. The van der Waals surface area contributed by atoms with Crippen molar-refractivity contribution in [2.45, 2.75) is 26.7 Å². The molecule has 1 amide bonds. The Morgan fingerprint density at radius 1 is 1.31 bits per heavy atom. The van der Waals surface area contributed by atoms with Crippen LogP contribution in [0.15, 0.2) is 12.1 Å². The molecule has 0 aliphatic carbocycles. The largest absolute Gasteiger partial charge is 0.349 e. The standard InChI is InChI=1S/C12H21N3O/c1-10-7-8-11(2)15(10)13-9-5-6-12(16)14(3)4/h7-8,13H,5-6,9H2,1-4H3. The summed E-state index contributed by atoms with van der Waals surface area (Å²) in [4.78, 5) is 13.0. The number of hydrogen-bond donors (Lipinski definition) is 1. The second-order valence-corrected chi connectivity index (χ2v) is 4.25. The molecule has 4 heteroatoms. The SMILES string of the molecule is Cc1ccc(C)n1NCCCC(=O)N(C)C. The minimum Gasteiger partial charge on any atom is -0.349 e. The zero-order valence-electron chi connectivity index (χ0n) is 10.6. The van der Waals surface area contributed by atoms with Crippen molar-refractivity contribution in [3.8, 4) is 0 Å². The van der Waals surface area contributed by atoms with Gasteiger partial charge in [0.2, 0.25) is 5.91 Å². The zero-order valence-corrected chi connectivity index (χ0v) is 10.6. The fourth-order valence-electron chi connectivity index (χ4n) is 1.57.